The van der Waals surface area contributed by atoms with Gasteiger partial charge in [-0.2, -0.15) is 4.98 Å². The summed E-state index contributed by atoms with van der Waals surface area (Å²) < 4.78 is 21.5. The predicted octanol–water partition coefficient (Wildman–Crippen LogP) is 3.20. The summed E-state index contributed by atoms with van der Waals surface area (Å²) in [5, 5.41) is 5.93. The maximum Gasteiger partial charge on any atom is 0.409 e. The molecule has 2 heterocycles. The fourth-order valence-electron chi connectivity index (χ4n) is 2.54. The molecule has 0 aromatic carbocycles. The molecule has 0 aliphatic heterocycles. The van der Waals surface area contributed by atoms with Gasteiger partial charge in [0, 0.05) is 6.42 Å². The lowest BCUT2D eigenvalue weighted by Crippen LogP contribution is -2.63. The Morgan fingerprint density at radius 3 is 2.50 bits per heavy atom. The second kappa shape index (κ2) is 9.82. The molecule has 2 N–H and O–H groups in total. The number of aromatic nitrogens is 4. The van der Waals surface area contributed by atoms with Gasteiger partial charge in [-0.15, -0.1) is 0 Å². The quantitative estimate of drug-likeness (QED) is 0.323. The minimum atomic E-state index is -2.06. The normalized spacial score (nSPS) is 14.0. The van der Waals surface area contributed by atoms with Crippen molar-refractivity contribution in [1.29, 1.82) is 0 Å². The Balaban J connectivity index is 2.13. The Morgan fingerprint density at radius 1 is 1.22 bits per heavy atom. The molecule has 1 unspecified atom stereocenters. The molecule has 2 rings (SSSR count). The van der Waals surface area contributed by atoms with Gasteiger partial charge in [-0.3, -0.25) is 10.1 Å². The fourth-order valence-corrected chi connectivity index (χ4v) is 3.52. The number of aryl methyl sites for hydroxylation is 1. The van der Waals surface area contributed by atoms with Crippen LogP contribution in [0.1, 0.15) is 45.7 Å². The summed E-state index contributed by atoms with van der Waals surface area (Å²) in [7, 11) is -0.739. The van der Waals surface area contributed by atoms with Crippen molar-refractivity contribution in [1.82, 2.24) is 25.4 Å². The maximum absolute atomic E-state index is 12.4. The molecule has 0 aliphatic rings. The SMILES string of the molecule is COC(=O)CCc1nc(-c2nc[nH]c2COC(C)(NC(=O)OC(C)(C)C)[Si](C)(C)C)no1. The van der Waals surface area contributed by atoms with E-state index in [1.165, 1.54) is 13.4 Å². The van der Waals surface area contributed by atoms with E-state index in [1.807, 2.05) is 6.92 Å². The van der Waals surface area contributed by atoms with Crippen LogP contribution in [0.25, 0.3) is 11.5 Å². The molecule has 2 aromatic heterocycles. The zero-order chi connectivity index (χ0) is 24.2. The summed E-state index contributed by atoms with van der Waals surface area (Å²) >= 11 is 0. The van der Waals surface area contributed by atoms with Crippen molar-refractivity contribution in [2.24, 2.45) is 0 Å². The van der Waals surface area contributed by atoms with E-state index in [9.17, 15) is 9.59 Å². The molecular weight excluding hydrogens is 434 g/mol. The molecule has 12 heteroatoms. The number of carbonyl (C=O) groups excluding carboxylic acids is 2. The molecule has 2 aromatic rings. The number of nitrogens with one attached hydrogen (secondary N) is 2. The van der Waals surface area contributed by atoms with Gasteiger partial charge in [0.2, 0.25) is 11.7 Å². The average Bonchev–Trinajstić information content (AvgIpc) is 3.30. The van der Waals surface area contributed by atoms with Crippen LogP contribution in [0.2, 0.25) is 19.6 Å². The van der Waals surface area contributed by atoms with Crippen molar-refractivity contribution < 1.29 is 28.3 Å². The van der Waals surface area contributed by atoms with Crippen molar-refractivity contribution in [2.45, 2.75) is 77.7 Å². The number of carbonyl (C=O) groups is 2. The number of imidazole rings is 1. The largest absolute Gasteiger partial charge is 0.469 e. The highest BCUT2D eigenvalue weighted by atomic mass is 28.3. The topological polar surface area (TPSA) is 141 Å². The van der Waals surface area contributed by atoms with Gasteiger partial charge in [0.15, 0.2) is 0 Å². The Labute approximate surface area is 188 Å². The molecule has 1 atom stereocenters. The molecule has 0 saturated heterocycles. The highest BCUT2D eigenvalue weighted by molar-refractivity contribution is 6.78. The number of alkyl carbamates (subject to hydrolysis) is 1. The average molecular weight is 468 g/mol. The van der Waals surface area contributed by atoms with Gasteiger partial charge in [0.05, 0.1) is 32.2 Å². The predicted molar refractivity (Wildman–Crippen MR) is 118 cm³/mol. The van der Waals surface area contributed by atoms with Gasteiger partial charge in [-0.25, -0.2) is 9.78 Å². The molecule has 0 fully saturated rings. The fraction of sp³-hybridized carbons (Fsp3) is 0.650. The third-order valence-corrected chi connectivity index (χ3v) is 7.98. The van der Waals surface area contributed by atoms with Crippen molar-refractivity contribution >= 4 is 20.1 Å². The van der Waals surface area contributed by atoms with E-state index in [0.717, 1.165) is 0 Å². The van der Waals surface area contributed by atoms with Crippen LogP contribution in [0.4, 0.5) is 4.79 Å². The van der Waals surface area contributed by atoms with Gasteiger partial charge in [0.25, 0.3) is 0 Å². The van der Waals surface area contributed by atoms with Crippen LogP contribution in [-0.2, 0) is 32.0 Å². The van der Waals surface area contributed by atoms with Crippen molar-refractivity contribution in [3.05, 3.63) is 17.9 Å². The van der Waals surface area contributed by atoms with E-state index in [-0.39, 0.29) is 31.2 Å². The highest BCUT2D eigenvalue weighted by Crippen LogP contribution is 2.26. The minimum absolute atomic E-state index is 0.123. The first-order chi connectivity index (χ1) is 14.7. The molecule has 11 nitrogen and oxygen atoms in total. The van der Waals surface area contributed by atoms with E-state index in [4.69, 9.17) is 14.0 Å². The molecule has 1 amide bonds. The number of hydrogen-bond donors (Lipinski definition) is 2. The van der Waals surface area contributed by atoms with Gasteiger partial charge in [-0.05, 0) is 27.7 Å². The third kappa shape index (κ3) is 6.89. The standard InChI is InChI=1S/C20H33N5O6Si/c1-19(2,3)30-18(27)24-20(4,32(6,7)8)29-11-13-16(22-12-21-13)17-23-14(31-25-17)9-10-15(26)28-5/h12H,9-11H2,1-8H3,(H,21,22)(H,24,27). The zero-order valence-electron chi connectivity index (χ0n) is 20.0. The molecule has 178 valence electrons. The van der Waals surface area contributed by atoms with Crippen LogP contribution in [0.5, 0.6) is 0 Å². The minimum Gasteiger partial charge on any atom is -0.469 e. The van der Waals surface area contributed by atoms with E-state index in [2.05, 4.69) is 49.8 Å². The zero-order valence-corrected chi connectivity index (χ0v) is 21.0. The summed E-state index contributed by atoms with van der Waals surface area (Å²) in [6.07, 6.45) is 1.37. The van der Waals surface area contributed by atoms with Crippen LogP contribution < -0.4 is 5.32 Å². The number of esters is 1. The van der Waals surface area contributed by atoms with Crippen LogP contribution in [-0.4, -0.2) is 58.3 Å². The Kier molecular flexibility index (Phi) is 7.83. The molecule has 32 heavy (non-hydrogen) atoms. The molecule has 0 saturated carbocycles. The Bertz CT molecular complexity index is 930. The number of rotatable bonds is 9. The van der Waals surface area contributed by atoms with E-state index >= 15 is 0 Å². The number of nitrogens with zero attached hydrogens (tertiary/aromatic N) is 3. The number of amides is 1. The third-order valence-electron chi connectivity index (χ3n) is 4.84. The molecule has 0 bridgehead atoms. The lowest BCUT2D eigenvalue weighted by Gasteiger charge is -2.41. The highest BCUT2D eigenvalue weighted by Gasteiger charge is 2.43. The summed E-state index contributed by atoms with van der Waals surface area (Å²) in [4.78, 5) is 35.3. The van der Waals surface area contributed by atoms with Gasteiger partial charge in [0.1, 0.15) is 24.7 Å². The number of methoxy groups -OCH3 is 1. The van der Waals surface area contributed by atoms with E-state index < -0.39 is 25.1 Å². The van der Waals surface area contributed by atoms with Crippen molar-refractivity contribution in [3.63, 3.8) is 0 Å². The number of H-pyrrole nitrogens is 1. The lowest BCUT2D eigenvalue weighted by atomic mass is 10.2. The second-order valence-electron chi connectivity index (χ2n) is 9.52. The second-order valence-corrected chi connectivity index (χ2v) is 15.0. The first-order valence-corrected chi connectivity index (χ1v) is 13.8. The van der Waals surface area contributed by atoms with Crippen molar-refractivity contribution in [3.8, 4) is 11.5 Å². The van der Waals surface area contributed by atoms with Crippen LogP contribution in [0.15, 0.2) is 10.9 Å². The number of ether oxygens (including phenoxy) is 3. The number of aromatic amines is 1. The van der Waals surface area contributed by atoms with Crippen LogP contribution >= 0.6 is 0 Å². The molecule has 0 aliphatic carbocycles. The lowest BCUT2D eigenvalue weighted by molar-refractivity contribution is -0.140. The first kappa shape index (κ1) is 25.5. The van der Waals surface area contributed by atoms with Gasteiger partial charge in [-0.1, -0.05) is 24.8 Å². The molecular formula is C20H33N5O6Si. The smallest absolute Gasteiger partial charge is 0.409 e. The van der Waals surface area contributed by atoms with E-state index in [1.54, 1.807) is 20.8 Å². The van der Waals surface area contributed by atoms with E-state index in [0.29, 0.717) is 17.3 Å². The van der Waals surface area contributed by atoms with Crippen LogP contribution in [0.3, 0.4) is 0 Å². The Morgan fingerprint density at radius 2 is 1.91 bits per heavy atom. The van der Waals surface area contributed by atoms with Gasteiger partial charge >= 0.3 is 12.1 Å². The Hall–Kier alpha value is -2.73. The number of hydrogen-bond acceptors (Lipinski definition) is 9. The maximum atomic E-state index is 12.4. The molecule has 0 radical (unpaired) electrons. The summed E-state index contributed by atoms with van der Waals surface area (Å²) in [6, 6.07) is 0. The van der Waals surface area contributed by atoms with Crippen LogP contribution in [0, 0.1) is 0 Å². The summed E-state index contributed by atoms with van der Waals surface area (Å²) in [6.45, 7) is 13.7. The first-order valence-electron chi connectivity index (χ1n) is 10.3. The summed E-state index contributed by atoms with van der Waals surface area (Å²) in [5.74, 6) is 0.222. The monoisotopic (exact) mass is 467 g/mol. The van der Waals surface area contributed by atoms with Crippen molar-refractivity contribution in [2.75, 3.05) is 7.11 Å². The molecule has 0 spiro atoms. The van der Waals surface area contributed by atoms with Gasteiger partial charge < -0.3 is 23.7 Å². The summed E-state index contributed by atoms with van der Waals surface area (Å²) in [5.41, 5.74) is 0.472.